The van der Waals surface area contributed by atoms with Crippen LogP contribution in [0.3, 0.4) is 0 Å². The number of ether oxygens (including phenoxy) is 2. The van der Waals surface area contributed by atoms with E-state index in [4.69, 9.17) is 9.47 Å². The van der Waals surface area contributed by atoms with Crippen molar-refractivity contribution in [2.45, 2.75) is 25.8 Å². The number of hydrogen-bond acceptors (Lipinski definition) is 3. The molecule has 0 spiro atoms. The second kappa shape index (κ2) is 7.27. The standard InChI is InChI=1S/C15H22BrNO2/c1-3-17-15(11-6-8-19-9-7-11)13-5-4-12(16)10-14(13)18-2/h4-5,10-11,15,17H,3,6-9H2,1-2H3. The Hall–Kier alpha value is -0.580. The average Bonchev–Trinajstić information content (AvgIpc) is 2.46. The van der Waals surface area contributed by atoms with Crippen molar-refractivity contribution in [2.75, 3.05) is 26.9 Å². The first-order valence-electron chi connectivity index (χ1n) is 6.90. The molecule has 1 unspecified atom stereocenters. The predicted molar refractivity (Wildman–Crippen MR) is 80.7 cm³/mol. The summed E-state index contributed by atoms with van der Waals surface area (Å²) in [5.74, 6) is 1.57. The molecule has 3 nitrogen and oxygen atoms in total. The zero-order valence-corrected chi connectivity index (χ0v) is 13.2. The quantitative estimate of drug-likeness (QED) is 0.897. The maximum Gasteiger partial charge on any atom is 0.124 e. The Morgan fingerprint density at radius 2 is 2.16 bits per heavy atom. The molecule has 1 aromatic carbocycles. The van der Waals surface area contributed by atoms with E-state index in [9.17, 15) is 0 Å². The number of rotatable bonds is 5. The van der Waals surface area contributed by atoms with Gasteiger partial charge in [-0.1, -0.05) is 28.9 Å². The van der Waals surface area contributed by atoms with Crippen molar-refractivity contribution in [2.24, 2.45) is 5.92 Å². The molecular weight excluding hydrogens is 306 g/mol. The van der Waals surface area contributed by atoms with Crippen LogP contribution in [0.15, 0.2) is 22.7 Å². The lowest BCUT2D eigenvalue weighted by atomic mass is 9.86. The number of hydrogen-bond donors (Lipinski definition) is 1. The van der Waals surface area contributed by atoms with Crippen LogP contribution in [0.4, 0.5) is 0 Å². The van der Waals surface area contributed by atoms with Gasteiger partial charge in [-0.15, -0.1) is 0 Å². The highest BCUT2D eigenvalue weighted by atomic mass is 79.9. The maximum atomic E-state index is 5.54. The zero-order valence-electron chi connectivity index (χ0n) is 11.6. The number of nitrogens with one attached hydrogen (secondary N) is 1. The van der Waals surface area contributed by atoms with Crippen molar-refractivity contribution in [3.8, 4) is 5.75 Å². The molecule has 1 heterocycles. The summed E-state index contributed by atoms with van der Waals surface area (Å²) in [5.41, 5.74) is 1.25. The van der Waals surface area contributed by atoms with Gasteiger partial charge in [0.05, 0.1) is 7.11 Å². The highest BCUT2D eigenvalue weighted by Crippen LogP contribution is 2.36. The van der Waals surface area contributed by atoms with E-state index >= 15 is 0 Å². The summed E-state index contributed by atoms with van der Waals surface area (Å²) >= 11 is 3.50. The third kappa shape index (κ3) is 3.71. The third-order valence-electron chi connectivity index (χ3n) is 3.69. The van der Waals surface area contributed by atoms with Crippen LogP contribution >= 0.6 is 15.9 Å². The lowest BCUT2D eigenvalue weighted by Gasteiger charge is -2.32. The Kier molecular flexibility index (Phi) is 5.67. The first kappa shape index (κ1) is 14.8. The molecule has 1 atom stereocenters. The van der Waals surface area contributed by atoms with E-state index in [1.165, 1.54) is 5.56 Å². The number of halogens is 1. The van der Waals surface area contributed by atoms with Gasteiger partial charge in [0.2, 0.25) is 0 Å². The second-order valence-corrected chi connectivity index (χ2v) is 5.79. The van der Waals surface area contributed by atoms with Gasteiger partial charge in [0.1, 0.15) is 5.75 Å². The van der Waals surface area contributed by atoms with Crippen LogP contribution in [0.2, 0.25) is 0 Å². The highest BCUT2D eigenvalue weighted by Gasteiger charge is 2.26. The largest absolute Gasteiger partial charge is 0.496 e. The fourth-order valence-corrected chi connectivity index (χ4v) is 3.08. The van der Waals surface area contributed by atoms with E-state index in [0.29, 0.717) is 12.0 Å². The Morgan fingerprint density at radius 1 is 1.42 bits per heavy atom. The van der Waals surface area contributed by atoms with Crippen molar-refractivity contribution in [1.82, 2.24) is 5.32 Å². The highest BCUT2D eigenvalue weighted by molar-refractivity contribution is 9.10. The minimum Gasteiger partial charge on any atom is -0.496 e. The Balaban J connectivity index is 2.26. The number of benzene rings is 1. The van der Waals surface area contributed by atoms with E-state index < -0.39 is 0 Å². The average molecular weight is 328 g/mol. The van der Waals surface area contributed by atoms with Crippen LogP contribution < -0.4 is 10.1 Å². The van der Waals surface area contributed by atoms with Crippen molar-refractivity contribution < 1.29 is 9.47 Å². The molecule has 1 fully saturated rings. The first-order chi connectivity index (χ1) is 9.26. The molecule has 1 saturated heterocycles. The van der Waals surface area contributed by atoms with E-state index in [1.54, 1.807) is 7.11 Å². The molecular formula is C15H22BrNO2. The van der Waals surface area contributed by atoms with Crippen molar-refractivity contribution in [3.05, 3.63) is 28.2 Å². The molecule has 0 saturated carbocycles. The molecule has 0 aromatic heterocycles. The van der Waals surface area contributed by atoms with Crippen LogP contribution in [-0.4, -0.2) is 26.9 Å². The van der Waals surface area contributed by atoms with Gasteiger partial charge in [0.15, 0.2) is 0 Å². The minimum absolute atomic E-state index is 0.344. The van der Waals surface area contributed by atoms with E-state index in [1.807, 2.05) is 6.07 Å². The summed E-state index contributed by atoms with van der Waals surface area (Å²) in [4.78, 5) is 0. The Labute approximate surface area is 123 Å². The maximum absolute atomic E-state index is 5.54. The first-order valence-corrected chi connectivity index (χ1v) is 7.70. The molecule has 2 rings (SSSR count). The normalized spacial score (nSPS) is 18.3. The smallest absolute Gasteiger partial charge is 0.124 e. The molecule has 1 aliphatic rings. The van der Waals surface area contributed by atoms with Gasteiger partial charge in [-0.25, -0.2) is 0 Å². The van der Waals surface area contributed by atoms with Gasteiger partial charge in [-0.05, 0) is 37.4 Å². The monoisotopic (exact) mass is 327 g/mol. The third-order valence-corrected chi connectivity index (χ3v) is 4.19. The van der Waals surface area contributed by atoms with Crippen LogP contribution in [0.1, 0.15) is 31.4 Å². The summed E-state index contributed by atoms with van der Waals surface area (Å²) in [7, 11) is 1.73. The summed E-state index contributed by atoms with van der Waals surface area (Å²) in [5, 5.41) is 3.61. The molecule has 0 radical (unpaired) electrons. The van der Waals surface area contributed by atoms with Gasteiger partial charge in [-0.3, -0.25) is 0 Å². The minimum atomic E-state index is 0.344. The molecule has 4 heteroatoms. The summed E-state index contributed by atoms with van der Waals surface area (Å²) in [6.07, 6.45) is 2.22. The predicted octanol–water partition coefficient (Wildman–Crippen LogP) is 3.53. The van der Waals surface area contributed by atoms with E-state index in [-0.39, 0.29) is 0 Å². The topological polar surface area (TPSA) is 30.5 Å². The van der Waals surface area contributed by atoms with Crippen LogP contribution in [0, 0.1) is 5.92 Å². The van der Waals surface area contributed by atoms with Gasteiger partial charge in [0, 0.05) is 29.3 Å². The molecule has 0 bridgehead atoms. The molecule has 1 aromatic rings. The van der Waals surface area contributed by atoms with Crippen LogP contribution in [0.25, 0.3) is 0 Å². The fourth-order valence-electron chi connectivity index (χ4n) is 2.74. The van der Waals surface area contributed by atoms with Crippen LogP contribution in [0.5, 0.6) is 5.75 Å². The van der Waals surface area contributed by atoms with E-state index in [0.717, 1.165) is 42.8 Å². The molecule has 106 valence electrons. The van der Waals surface area contributed by atoms with Gasteiger partial charge < -0.3 is 14.8 Å². The molecule has 1 aliphatic heterocycles. The molecule has 1 N–H and O–H groups in total. The molecule has 0 amide bonds. The summed E-state index contributed by atoms with van der Waals surface area (Å²) < 4.78 is 12.1. The second-order valence-electron chi connectivity index (χ2n) is 4.87. The Bertz CT molecular complexity index is 405. The molecule has 0 aliphatic carbocycles. The summed E-state index contributed by atoms with van der Waals surface area (Å²) in [6, 6.07) is 6.63. The van der Waals surface area contributed by atoms with Gasteiger partial charge >= 0.3 is 0 Å². The SMILES string of the molecule is CCNC(c1ccc(Br)cc1OC)C1CCOCC1. The number of methoxy groups -OCH3 is 1. The summed E-state index contributed by atoms with van der Waals surface area (Å²) in [6.45, 7) is 4.84. The van der Waals surface area contributed by atoms with Gasteiger partial charge in [-0.2, -0.15) is 0 Å². The zero-order chi connectivity index (χ0) is 13.7. The Morgan fingerprint density at radius 3 is 2.79 bits per heavy atom. The van der Waals surface area contributed by atoms with Gasteiger partial charge in [0.25, 0.3) is 0 Å². The van der Waals surface area contributed by atoms with E-state index in [2.05, 4.69) is 40.3 Å². The van der Waals surface area contributed by atoms with Crippen molar-refractivity contribution in [3.63, 3.8) is 0 Å². The van der Waals surface area contributed by atoms with Crippen LogP contribution in [-0.2, 0) is 4.74 Å². The molecule has 19 heavy (non-hydrogen) atoms. The lowest BCUT2D eigenvalue weighted by molar-refractivity contribution is 0.0535. The van der Waals surface area contributed by atoms with Crippen molar-refractivity contribution in [1.29, 1.82) is 0 Å². The fraction of sp³-hybridized carbons (Fsp3) is 0.600. The lowest BCUT2D eigenvalue weighted by Crippen LogP contribution is -2.32. The van der Waals surface area contributed by atoms with Crippen molar-refractivity contribution >= 4 is 15.9 Å².